The van der Waals surface area contributed by atoms with Crippen LogP contribution in [0.3, 0.4) is 0 Å². The van der Waals surface area contributed by atoms with Crippen LogP contribution in [-0.4, -0.2) is 9.55 Å². The molecule has 0 spiro atoms. The van der Waals surface area contributed by atoms with E-state index in [-0.39, 0.29) is 43.7 Å². The maximum absolute atomic E-state index is 7.10. The van der Waals surface area contributed by atoms with Crippen LogP contribution in [0.4, 0.5) is 11.4 Å². The third-order valence-corrected chi connectivity index (χ3v) is 14.5. The van der Waals surface area contributed by atoms with Gasteiger partial charge in [0.2, 0.25) is 0 Å². The van der Waals surface area contributed by atoms with Crippen molar-refractivity contribution < 1.29 is 25.8 Å². The van der Waals surface area contributed by atoms with E-state index in [1.165, 1.54) is 44.5 Å². The number of ether oxygens (including phenoxy) is 1. The average Bonchev–Trinajstić information content (AvgIpc) is 3.96. The van der Waals surface area contributed by atoms with Crippen molar-refractivity contribution in [3.8, 4) is 28.4 Å². The molecule has 0 N–H and O–H groups in total. The van der Waals surface area contributed by atoms with Crippen LogP contribution in [0.25, 0.3) is 44.4 Å². The molecule has 1 aliphatic rings. The van der Waals surface area contributed by atoms with Gasteiger partial charge in [-0.1, -0.05) is 192 Å². The molecule has 0 saturated carbocycles. The number of nitrogens with zero attached hydrogens (tertiary/aromatic N) is 4. The molecule has 10 rings (SSSR count). The van der Waals surface area contributed by atoms with Gasteiger partial charge in [-0.25, -0.2) is 4.98 Å². The van der Waals surface area contributed by atoms with E-state index in [4.69, 9.17) is 9.72 Å². The predicted octanol–water partition coefficient (Wildman–Crippen LogP) is 17.8. The normalized spacial score (nSPS) is 13.3. The average molecular weight is 1140 g/mol. The van der Waals surface area contributed by atoms with E-state index < -0.39 is 5.41 Å². The summed E-state index contributed by atoms with van der Waals surface area (Å²) in [5.74, 6) is 2.61. The van der Waals surface area contributed by atoms with Gasteiger partial charge in [0, 0.05) is 61.2 Å². The number of hydrogen-bond acceptors (Lipinski definition) is 4. The van der Waals surface area contributed by atoms with E-state index in [9.17, 15) is 0 Å². The second-order valence-corrected chi connectivity index (χ2v) is 22.7. The largest absolute Gasteiger partial charge is 0.509 e. The number of para-hydroxylation sites is 1. The molecule has 9 aromatic rings. The fourth-order valence-corrected chi connectivity index (χ4v) is 10.2. The topological polar surface area (TPSA) is 33.5 Å². The van der Waals surface area contributed by atoms with Crippen molar-refractivity contribution in [3.63, 3.8) is 0 Å². The Morgan fingerprint density at radius 1 is 0.548 bits per heavy atom. The minimum atomic E-state index is -0.402. The van der Waals surface area contributed by atoms with Gasteiger partial charge in [0.15, 0.2) is 0 Å². The van der Waals surface area contributed by atoms with Crippen molar-refractivity contribution in [2.45, 2.75) is 111 Å². The Hall–Kier alpha value is -6.68. The van der Waals surface area contributed by atoms with Gasteiger partial charge in [-0.15, -0.1) is 53.6 Å². The van der Waals surface area contributed by atoms with E-state index in [1.807, 2.05) is 12.3 Å². The first-order chi connectivity index (χ1) is 34.3. The molecule has 0 amide bonds. The first-order valence-electron chi connectivity index (χ1n) is 25.6. The minimum absolute atomic E-state index is 0. The fourth-order valence-electron chi connectivity index (χ4n) is 10.2. The van der Waals surface area contributed by atoms with Crippen molar-refractivity contribution in [1.82, 2.24) is 9.55 Å². The molecule has 374 valence electrons. The second kappa shape index (κ2) is 20.0. The fraction of sp³-hybridized carbons (Fsp3) is 0.254. The molecular formula is C67H67N4OPt-3. The van der Waals surface area contributed by atoms with Crippen LogP contribution >= 0.6 is 0 Å². The van der Waals surface area contributed by atoms with Gasteiger partial charge in [-0.05, 0) is 109 Å². The standard InChI is InChI=1S/C67H67N4O.Pt/c1-44(2)56-27-21-28-57(45(3)4)64(56)62-42-69(52-35-47(46-22-15-13-16-23-46)34-50(36-52)66(8,9)10)43-70(62)53-37-51(67(11,12)48-24-17-14-18-25-48)38-55(40-53)72-54-30-31-59-58-26-19-20-29-60(58)71(61(59)41-54)63-39-49(32-33-68-63)65(5,6)7;/h13-39,42-45H,1-12H3;/q-3;. The SMILES string of the molecule is CC(C)c1cccc(C(C)C)c1C1=CN(c2cc(-c3ccccc3)cc(C(C)(C)C)c2)[CH-]N1c1[c-]c(Oc2[c-]c3c(cc2)c2ccccc2n3-c2cc(C(C)(C)C)ccn2)cc(C(C)(C)c2ccccc2)c1.[Pt]. The van der Waals surface area contributed by atoms with Crippen molar-refractivity contribution in [3.05, 3.63) is 228 Å². The van der Waals surface area contributed by atoms with Crippen LogP contribution in [-0.2, 0) is 37.3 Å². The summed E-state index contributed by atoms with van der Waals surface area (Å²) in [6.07, 6.45) is 4.25. The molecule has 0 unspecified atom stereocenters. The number of hydrogen-bond donors (Lipinski definition) is 0. The number of pyridine rings is 1. The first kappa shape index (κ1) is 51.2. The summed E-state index contributed by atoms with van der Waals surface area (Å²) in [6, 6.07) is 64.4. The molecule has 0 aliphatic carbocycles. The van der Waals surface area contributed by atoms with Gasteiger partial charge < -0.3 is 19.1 Å². The molecule has 0 saturated heterocycles. The summed E-state index contributed by atoms with van der Waals surface area (Å²) >= 11 is 0. The smallest absolute Gasteiger partial charge is 0.135 e. The van der Waals surface area contributed by atoms with Crippen molar-refractivity contribution in [1.29, 1.82) is 0 Å². The molecule has 5 nitrogen and oxygen atoms in total. The van der Waals surface area contributed by atoms with E-state index >= 15 is 0 Å². The van der Waals surface area contributed by atoms with Crippen LogP contribution in [0.1, 0.15) is 134 Å². The molecule has 73 heavy (non-hydrogen) atoms. The zero-order chi connectivity index (χ0) is 50.7. The summed E-state index contributed by atoms with van der Waals surface area (Å²) in [5, 5.41) is 2.22. The number of fused-ring (bicyclic) bond motifs is 3. The van der Waals surface area contributed by atoms with Gasteiger partial charge in [0.05, 0.1) is 0 Å². The van der Waals surface area contributed by atoms with Crippen LogP contribution in [0.15, 0.2) is 170 Å². The number of anilines is 2. The number of benzene rings is 7. The van der Waals surface area contributed by atoms with Gasteiger partial charge in [-0.3, -0.25) is 0 Å². The van der Waals surface area contributed by atoms with E-state index in [0.29, 0.717) is 11.5 Å². The number of aromatic nitrogens is 2. The van der Waals surface area contributed by atoms with E-state index in [1.54, 1.807) is 0 Å². The Labute approximate surface area is 448 Å². The Morgan fingerprint density at radius 3 is 1.88 bits per heavy atom. The summed E-state index contributed by atoms with van der Waals surface area (Å²) in [6.45, 7) is 29.6. The minimum Gasteiger partial charge on any atom is -0.509 e. The monoisotopic (exact) mass is 1140 g/mol. The maximum Gasteiger partial charge on any atom is 0.135 e. The Bertz CT molecular complexity index is 3450. The molecule has 6 heteroatoms. The van der Waals surface area contributed by atoms with Crippen LogP contribution in [0.2, 0.25) is 0 Å². The molecule has 2 aromatic heterocycles. The second-order valence-electron chi connectivity index (χ2n) is 22.7. The first-order valence-corrected chi connectivity index (χ1v) is 25.6. The summed E-state index contributed by atoms with van der Waals surface area (Å²) in [7, 11) is 0. The number of rotatable bonds is 11. The predicted molar refractivity (Wildman–Crippen MR) is 302 cm³/mol. The molecular weight excluding hydrogens is 1070 g/mol. The molecule has 1 aliphatic heterocycles. The summed E-state index contributed by atoms with van der Waals surface area (Å²) in [5.41, 5.74) is 15.5. The van der Waals surface area contributed by atoms with Gasteiger partial charge >= 0.3 is 0 Å². The Morgan fingerprint density at radius 2 is 1.21 bits per heavy atom. The zero-order valence-corrected chi connectivity index (χ0v) is 46.7. The van der Waals surface area contributed by atoms with Gasteiger partial charge in [-0.2, -0.15) is 6.07 Å². The molecule has 0 fully saturated rings. The Balaban J connectivity index is 0.00000656. The summed E-state index contributed by atoms with van der Waals surface area (Å²) in [4.78, 5) is 9.59. The third kappa shape index (κ3) is 10.1. The van der Waals surface area contributed by atoms with Crippen molar-refractivity contribution >= 4 is 38.9 Å². The van der Waals surface area contributed by atoms with Crippen LogP contribution in [0.5, 0.6) is 11.5 Å². The maximum atomic E-state index is 7.10. The van der Waals surface area contributed by atoms with Crippen molar-refractivity contribution in [2.24, 2.45) is 0 Å². The van der Waals surface area contributed by atoms with E-state index in [2.05, 4.69) is 274 Å². The molecule has 0 radical (unpaired) electrons. The Kier molecular flexibility index (Phi) is 14.0. The molecule has 7 aromatic carbocycles. The van der Waals surface area contributed by atoms with Crippen LogP contribution in [0, 0.1) is 18.8 Å². The molecule has 0 bridgehead atoms. The molecule has 3 heterocycles. The van der Waals surface area contributed by atoms with Crippen LogP contribution < -0.4 is 14.5 Å². The summed E-state index contributed by atoms with van der Waals surface area (Å²) < 4.78 is 9.32. The third-order valence-electron chi connectivity index (χ3n) is 14.5. The van der Waals surface area contributed by atoms with E-state index in [0.717, 1.165) is 50.3 Å². The quantitative estimate of drug-likeness (QED) is 0.121. The van der Waals surface area contributed by atoms with Crippen molar-refractivity contribution in [2.75, 3.05) is 9.80 Å². The van der Waals surface area contributed by atoms with Gasteiger partial charge in [0.25, 0.3) is 0 Å². The zero-order valence-electron chi connectivity index (χ0n) is 44.4. The molecule has 0 atom stereocenters. The van der Waals surface area contributed by atoms with Gasteiger partial charge in [0.1, 0.15) is 5.82 Å².